The Kier molecular flexibility index (Phi) is 3.27. The Balaban J connectivity index is 0.000000125. The molecule has 4 heterocycles. The molecule has 0 aromatic carbocycles. The summed E-state index contributed by atoms with van der Waals surface area (Å²) >= 11 is 3.94. The van der Waals surface area contributed by atoms with Crippen molar-refractivity contribution in [2.24, 2.45) is 0 Å². The molecular weight excluding hydrogens is 300 g/mol. The van der Waals surface area contributed by atoms with Gasteiger partial charge in [-0.05, 0) is 28.8 Å². The van der Waals surface area contributed by atoms with Gasteiger partial charge in [-0.3, -0.25) is 0 Å². The van der Waals surface area contributed by atoms with Crippen LogP contribution in [0.1, 0.15) is 0 Å². The average molecular weight is 310 g/mol. The summed E-state index contributed by atoms with van der Waals surface area (Å²) in [6.07, 6.45) is 5.40. The van der Waals surface area contributed by atoms with Crippen LogP contribution in [0.25, 0.3) is 4.91 Å². The lowest BCUT2D eigenvalue weighted by molar-refractivity contribution is 0.613. The van der Waals surface area contributed by atoms with E-state index in [4.69, 9.17) is 0 Å². The summed E-state index contributed by atoms with van der Waals surface area (Å²) < 4.78 is 22.2. The molecule has 6 heteroatoms. The summed E-state index contributed by atoms with van der Waals surface area (Å²) in [4.78, 5) is 1.59. The molecule has 3 aliphatic heterocycles. The van der Waals surface area contributed by atoms with Gasteiger partial charge in [0, 0.05) is 30.8 Å². The van der Waals surface area contributed by atoms with Crippen molar-refractivity contribution < 1.29 is 8.42 Å². The molecule has 3 aliphatic rings. The van der Waals surface area contributed by atoms with Gasteiger partial charge in [0.05, 0.1) is 9.13 Å². The van der Waals surface area contributed by atoms with Crippen molar-refractivity contribution in [2.45, 2.75) is 0 Å². The van der Waals surface area contributed by atoms with Crippen LogP contribution in [-0.2, 0) is 9.84 Å². The number of thiophene rings is 1. The highest BCUT2D eigenvalue weighted by Gasteiger charge is 2.15. The second-order valence-corrected chi connectivity index (χ2v) is 9.50. The molecule has 1 aromatic rings. The highest BCUT2D eigenvalue weighted by molar-refractivity contribution is 8.08. The number of thioether (sulfide) groups is 1. The lowest BCUT2D eigenvalue weighted by Gasteiger charge is -1.89. The third-order valence-corrected chi connectivity index (χ3v) is 7.94. The Hall–Kier alpha value is -0.693. The first-order valence-corrected chi connectivity index (χ1v) is 10.0. The summed E-state index contributed by atoms with van der Waals surface area (Å²) in [5, 5.41) is 7.76. The lowest BCUT2D eigenvalue weighted by Crippen LogP contribution is -1.94. The Morgan fingerprint density at radius 2 is 2.00 bits per heavy atom. The fraction of sp³-hybridized carbons (Fsp3) is 0.0833. The monoisotopic (exact) mass is 310 g/mol. The molecule has 0 N–H and O–H groups in total. The lowest BCUT2D eigenvalue weighted by atomic mass is 10.4. The van der Waals surface area contributed by atoms with Crippen LogP contribution in [0.2, 0.25) is 0 Å². The highest BCUT2D eigenvalue weighted by atomic mass is 32.2. The van der Waals surface area contributed by atoms with E-state index in [9.17, 15) is 8.42 Å². The van der Waals surface area contributed by atoms with E-state index < -0.39 is 9.84 Å². The topological polar surface area (TPSA) is 34.1 Å². The van der Waals surface area contributed by atoms with E-state index in [0.717, 1.165) is 10.8 Å². The molecule has 0 bridgehead atoms. The zero-order valence-corrected chi connectivity index (χ0v) is 13.0. The minimum Gasteiger partial charge on any atom is -0.220 e. The Morgan fingerprint density at radius 1 is 1.22 bits per heavy atom. The number of rotatable bonds is 0. The van der Waals surface area contributed by atoms with Gasteiger partial charge in [-0.2, -0.15) is 0 Å². The second-order valence-electron chi connectivity index (χ2n) is 3.89. The highest BCUT2D eigenvalue weighted by Crippen LogP contribution is 2.32. The second kappa shape index (κ2) is 4.77. The predicted molar refractivity (Wildman–Crippen MR) is 81.1 cm³/mol. The SMILES string of the molecule is C1=C2[SiH]=c3sccc3=C2SC1.O=S1(=O)C=CC=C1. The predicted octanol–water partition coefficient (Wildman–Crippen LogP) is 1.63. The first kappa shape index (κ1) is 12.3. The summed E-state index contributed by atoms with van der Waals surface area (Å²) in [6.45, 7) is 0. The minimum absolute atomic E-state index is 0.472. The summed E-state index contributed by atoms with van der Waals surface area (Å²) in [5.74, 6) is 1.22. The maximum Gasteiger partial charge on any atom is 0.193 e. The Labute approximate surface area is 116 Å². The van der Waals surface area contributed by atoms with Gasteiger partial charge in [-0.1, -0.05) is 6.08 Å². The van der Waals surface area contributed by atoms with Gasteiger partial charge in [0.15, 0.2) is 9.84 Å². The molecule has 1 aromatic heterocycles. The van der Waals surface area contributed by atoms with Gasteiger partial charge in [0.1, 0.15) is 0 Å². The first-order valence-electron chi connectivity index (χ1n) is 5.38. The van der Waals surface area contributed by atoms with Crippen LogP contribution in [0.15, 0.2) is 45.7 Å². The molecule has 18 heavy (non-hydrogen) atoms. The van der Waals surface area contributed by atoms with E-state index in [1.165, 1.54) is 17.9 Å². The van der Waals surface area contributed by atoms with Gasteiger partial charge in [0.2, 0.25) is 0 Å². The first-order chi connectivity index (χ1) is 8.66. The van der Waals surface area contributed by atoms with Crippen LogP contribution < -0.4 is 5.22 Å². The molecule has 0 amide bonds. The molecule has 0 saturated carbocycles. The van der Waals surface area contributed by atoms with Gasteiger partial charge in [-0.25, -0.2) is 8.42 Å². The quantitative estimate of drug-likeness (QED) is 0.683. The standard InChI is InChI=1S/C8H6S2Si.C4H4O2S/c1-3-10-8-5(1)7-6(11-8)2-4-9-7;5-7(6)3-1-2-4-7/h1-3,11H,4H2;1-4H. The number of fused-ring (bicyclic) bond motifs is 2. The molecule has 0 radical (unpaired) electrons. The van der Waals surface area contributed by atoms with Crippen molar-refractivity contribution in [1.82, 2.24) is 0 Å². The molecule has 0 atom stereocenters. The van der Waals surface area contributed by atoms with E-state index in [-0.39, 0.29) is 0 Å². The van der Waals surface area contributed by atoms with Crippen molar-refractivity contribution in [3.8, 4) is 0 Å². The summed E-state index contributed by atoms with van der Waals surface area (Å²) in [6, 6.07) is 2.28. The van der Waals surface area contributed by atoms with E-state index in [2.05, 4.69) is 17.5 Å². The van der Waals surface area contributed by atoms with Crippen molar-refractivity contribution in [2.75, 3.05) is 5.75 Å². The average Bonchev–Trinajstić information content (AvgIpc) is 2.98. The van der Waals surface area contributed by atoms with E-state index >= 15 is 0 Å². The van der Waals surface area contributed by atoms with Gasteiger partial charge in [-0.15, -0.1) is 23.1 Å². The number of hydrogen-bond acceptors (Lipinski definition) is 4. The van der Waals surface area contributed by atoms with Crippen LogP contribution in [0, 0.1) is 4.13 Å². The van der Waals surface area contributed by atoms with Crippen LogP contribution in [0.5, 0.6) is 0 Å². The van der Waals surface area contributed by atoms with Gasteiger partial charge >= 0.3 is 0 Å². The zero-order valence-electron chi connectivity index (χ0n) is 9.37. The van der Waals surface area contributed by atoms with Crippen molar-refractivity contribution >= 4 is 47.0 Å². The molecule has 92 valence electrons. The number of sulfone groups is 1. The molecule has 0 saturated heterocycles. The number of hydrogen-bond donors (Lipinski definition) is 0. The molecule has 0 unspecified atom stereocenters. The van der Waals surface area contributed by atoms with Crippen LogP contribution >= 0.6 is 23.1 Å². The minimum atomic E-state index is -2.91. The Bertz CT molecular complexity index is 777. The smallest absolute Gasteiger partial charge is 0.193 e. The summed E-state index contributed by atoms with van der Waals surface area (Å²) in [7, 11) is -2.44. The van der Waals surface area contributed by atoms with Gasteiger partial charge < -0.3 is 0 Å². The molecule has 0 aliphatic carbocycles. The van der Waals surface area contributed by atoms with E-state index in [0.29, 0.717) is 9.13 Å². The third kappa shape index (κ3) is 2.38. The normalized spacial score (nSPS) is 20.9. The van der Waals surface area contributed by atoms with Crippen LogP contribution in [0.3, 0.4) is 0 Å². The van der Waals surface area contributed by atoms with Crippen molar-refractivity contribution in [1.29, 1.82) is 0 Å². The van der Waals surface area contributed by atoms with E-state index in [1.807, 2.05) is 23.1 Å². The molecule has 0 spiro atoms. The third-order valence-electron chi connectivity index (χ3n) is 2.67. The Morgan fingerprint density at radius 3 is 2.67 bits per heavy atom. The molecule has 0 fully saturated rings. The van der Waals surface area contributed by atoms with Crippen LogP contribution in [-0.4, -0.2) is 23.3 Å². The summed E-state index contributed by atoms with van der Waals surface area (Å²) in [5.41, 5.74) is 0. The molecule has 2 nitrogen and oxygen atoms in total. The van der Waals surface area contributed by atoms with Crippen molar-refractivity contribution in [3.63, 3.8) is 0 Å². The maximum absolute atomic E-state index is 10.3. The number of allylic oxidation sites excluding steroid dienone is 2. The largest absolute Gasteiger partial charge is 0.220 e. The maximum atomic E-state index is 10.3. The van der Waals surface area contributed by atoms with Crippen molar-refractivity contribution in [3.05, 3.63) is 55.0 Å². The van der Waals surface area contributed by atoms with E-state index in [1.54, 1.807) is 19.4 Å². The van der Waals surface area contributed by atoms with Crippen LogP contribution in [0.4, 0.5) is 0 Å². The molecular formula is C12H10O2S3Si. The molecule has 4 rings (SSSR count). The fourth-order valence-electron chi connectivity index (χ4n) is 1.87. The fourth-order valence-corrected chi connectivity index (χ4v) is 7.09. The zero-order chi connectivity index (χ0) is 12.6. The van der Waals surface area contributed by atoms with Gasteiger partial charge in [0.25, 0.3) is 0 Å².